The van der Waals surface area contributed by atoms with E-state index in [-0.39, 0.29) is 5.78 Å². The van der Waals surface area contributed by atoms with Crippen molar-refractivity contribution in [2.24, 2.45) is 0 Å². The molecule has 2 N–H and O–H groups in total. The SMILES string of the molecule is CC(=O)c1ccc(C)c(Nc2ccnc(Nc3ccc(C)cc3)n2)c1C. The van der Waals surface area contributed by atoms with Crippen LogP contribution in [0.15, 0.2) is 48.7 Å². The summed E-state index contributed by atoms with van der Waals surface area (Å²) < 4.78 is 0. The molecule has 132 valence electrons. The normalized spacial score (nSPS) is 10.5. The molecule has 0 saturated carbocycles. The first-order valence-electron chi connectivity index (χ1n) is 8.49. The molecule has 0 aliphatic rings. The molecule has 0 saturated heterocycles. The molecule has 0 spiro atoms. The molecule has 0 amide bonds. The molecular formula is C21H22N4O. The first-order valence-corrected chi connectivity index (χ1v) is 8.49. The summed E-state index contributed by atoms with van der Waals surface area (Å²) in [4.78, 5) is 20.6. The molecule has 0 radical (unpaired) electrons. The number of ketones is 1. The van der Waals surface area contributed by atoms with Crippen LogP contribution in [-0.2, 0) is 0 Å². The lowest BCUT2D eigenvalue weighted by Gasteiger charge is -2.15. The Hall–Kier alpha value is -3.21. The minimum Gasteiger partial charge on any atom is -0.340 e. The van der Waals surface area contributed by atoms with Gasteiger partial charge in [0.2, 0.25) is 5.95 Å². The average molecular weight is 346 g/mol. The minimum absolute atomic E-state index is 0.0509. The fourth-order valence-electron chi connectivity index (χ4n) is 2.80. The molecule has 3 rings (SSSR count). The van der Waals surface area contributed by atoms with Crippen LogP contribution < -0.4 is 10.6 Å². The Balaban J connectivity index is 1.86. The van der Waals surface area contributed by atoms with E-state index in [0.29, 0.717) is 17.3 Å². The van der Waals surface area contributed by atoms with Gasteiger partial charge in [-0.15, -0.1) is 0 Å². The van der Waals surface area contributed by atoms with E-state index in [0.717, 1.165) is 22.5 Å². The number of benzene rings is 2. The number of nitrogens with one attached hydrogen (secondary N) is 2. The van der Waals surface area contributed by atoms with Crippen molar-refractivity contribution < 1.29 is 4.79 Å². The van der Waals surface area contributed by atoms with Crippen molar-refractivity contribution in [2.75, 3.05) is 10.6 Å². The zero-order valence-corrected chi connectivity index (χ0v) is 15.4. The maximum Gasteiger partial charge on any atom is 0.229 e. The summed E-state index contributed by atoms with van der Waals surface area (Å²) >= 11 is 0. The highest BCUT2D eigenvalue weighted by Crippen LogP contribution is 2.27. The van der Waals surface area contributed by atoms with Gasteiger partial charge in [0.05, 0.1) is 0 Å². The van der Waals surface area contributed by atoms with Crippen molar-refractivity contribution >= 4 is 28.9 Å². The molecule has 5 nitrogen and oxygen atoms in total. The van der Waals surface area contributed by atoms with Crippen LogP contribution >= 0.6 is 0 Å². The van der Waals surface area contributed by atoms with Crippen molar-refractivity contribution in [3.8, 4) is 0 Å². The lowest BCUT2D eigenvalue weighted by molar-refractivity contribution is 0.101. The van der Waals surface area contributed by atoms with Gasteiger partial charge in [0.25, 0.3) is 0 Å². The third kappa shape index (κ3) is 3.88. The molecule has 26 heavy (non-hydrogen) atoms. The predicted octanol–water partition coefficient (Wildman–Crippen LogP) is 5.09. The Bertz CT molecular complexity index is 949. The van der Waals surface area contributed by atoms with Crippen molar-refractivity contribution in [2.45, 2.75) is 27.7 Å². The predicted molar refractivity (Wildman–Crippen MR) is 106 cm³/mol. The highest BCUT2D eigenvalue weighted by atomic mass is 16.1. The van der Waals surface area contributed by atoms with Gasteiger partial charge in [0, 0.05) is 23.1 Å². The first-order chi connectivity index (χ1) is 12.4. The highest BCUT2D eigenvalue weighted by molar-refractivity contribution is 5.97. The van der Waals surface area contributed by atoms with Gasteiger partial charge in [-0.2, -0.15) is 4.98 Å². The average Bonchev–Trinajstić information content (AvgIpc) is 2.60. The summed E-state index contributed by atoms with van der Waals surface area (Å²) in [5, 5.41) is 6.53. The standard InChI is InChI=1S/C21H22N4O/c1-13-5-8-17(9-6-13)23-21-22-12-11-19(25-21)24-20-14(2)7-10-18(15(20)3)16(4)26/h5-12H,1-4H3,(H2,22,23,24,25). The van der Waals surface area contributed by atoms with Crippen molar-refractivity contribution in [3.63, 3.8) is 0 Å². The maximum absolute atomic E-state index is 11.8. The lowest BCUT2D eigenvalue weighted by atomic mass is 10.00. The number of aryl methyl sites for hydroxylation is 2. The van der Waals surface area contributed by atoms with Crippen LogP contribution in [0, 0.1) is 20.8 Å². The van der Waals surface area contributed by atoms with E-state index < -0.39 is 0 Å². The van der Waals surface area contributed by atoms with Crippen LogP contribution in [0.5, 0.6) is 0 Å². The molecule has 0 aliphatic carbocycles. The van der Waals surface area contributed by atoms with E-state index in [2.05, 4.69) is 20.6 Å². The van der Waals surface area contributed by atoms with Crippen LogP contribution in [-0.4, -0.2) is 15.8 Å². The molecule has 0 atom stereocenters. The summed E-state index contributed by atoms with van der Waals surface area (Å²) in [7, 11) is 0. The first kappa shape index (κ1) is 17.6. The van der Waals surface area contributed by atoms with Crippen molar-refractivity contribution in [1.82, 2.24) is 9.97 Å². The fourth-order valence-corrected chi connectivity index (χ4v) is 2.80. The number of rotatable bonds is 5. The molecule has 0 unspecified atom stereocenters. The summed E-state index contributed by atoms with van der Waals surface area (Å²) in [6, 6.07) is 13.7. The van der Waals surface area contributed by atoms with Gasteiger partial charge in [-0.05, 0) is 57.0 Å². The van der Waals surface area contributed by atoms with Crippen LogP contribution in [0.4, 0.5) is 23.1 Å². The third-order valence-corrected chi connectivity index (χ3v) is 4.27. The molecular weight excluding hydrogens is 324 g/mol. The Morgan fingerprint density at radius 1 is 0.923 bits per heavy atom. The lowest BCUT2D eigenvalue weighted by Crippen LogP contribution is -2.05. The summed E-state index contributed by atoms with van der Waals surface area (Å²) in [5.74, 6) is 1.23. The maximum atomic E-state index is 11.8. The van der Waals surface area contributed by atoms with Crippen LogP contribution in [0.3, 0.4) is 0 Å². The van der Waals surface area contributed by atoms with E-state index in [1.807, 2.05) is 57.2 Å². The Morgan fingerprint density at radius 3 is 2.35 bits per heavy atom. The van der Waals surface area contributed by atoms with Crippen molar-refractivity contribution in [1.29, 1.82) is 0 Å². The van der Waals surface area contributed by atoms with E-state index in [4.69, 9.17) is 0 Å². The highest BCUT2D eigenvalue weighted by Gasteiger charge is 2.11. The monoisotopic (exact) mass is 346 g/mol. The summed E-state index contributed by atoms with van der Waals surface area (Å²) in [6.07, 6.45) is 1.70. The van der Waals surface area contributed by atoms with E-state index in [9.17, 15) is 4.79 Å². The second-order valence-electron chi connectivity index (χ2n) is 6.37. The van der Waals surface area contributed by atoms with Gasteiger partial charge in [-0.25, -0.2) is 4.98 Å². The molecule has 0 aliphatic heterocycles. The zero-order valence-electron chi connectivity index (χ0n) is 15.4. The van der Waals surface area contributed by atoms with Gasteiger partial charge >= 0.3 is 0 Å². The second kappa shape index (κ2) is 7.35. The number of hydrogen-bond donors (Lipinski definition) is 2. The molecule has 0 fully saturated rings. The number of aromatic nitrogens is 2. The number of anilines is 4. The van der Waals surface area contributed by atoms with E-state index in [1.165, 1.54) is 5.56 Å². The van der Waals surface area contributed by atoms with Gasteiger partial charge in [-0.1, -0.05) is 29.8 Å². The quantitative estimate of drug-likeness (QED) is 0.630. The van der Waals surface area contributed by atoms with E-state index >= 15 is 0 Å². The Kier molecular flexibility index (Phi) is 4.98. The van der Waals surface area contributed by atoms with Gasteiger partial charge in [0.15, 0.2) is 5.78 Å². The zero-order chi connectivity index (χ0) is 18.7. The van der Waals surface area contributed by atoms with Gasteiger partial charge < -0.3 is 10.6 Å². The smallest absolute Gasteiger partial charge is 0.229 e. The fraction of sp³-hybridized carbons (Fsp3) is 0.190. The largest absolute Gasteiger partial charge is 0.340 e. The number of carbonyl (C=O) groups is 1. The second-order valence-corrected chi connectivity index (χ2v) is 6.37. The summed E-state index contributed by atoms with van der Waals surface area (Å²) in [6.45, 7) is 7.57. The molecule has 1 aromatic heterocycles. The molecule has 1 heterocycles. The van der Waals surface area contributed by atoms with Crippen LogP contribution in [0.2, 0.25) is 0 Å². The molecule has 0 bridgehead atoms. The van der Waals surface area contributed by atoms with Crippen molar-refractivity contribution in [3.05, 3.63) is 70.9 Å². The Morgan fingerprint density at radius 2 is 1.65 bits per heavy atom. The van der Waals surface area contributed by atoms with Gasteiger partial charge in [-0.3, -0.25) is 4.79 Å². The summed E-state index contributed by atoms with van der Waals surface area (Å²) in [5.41, 5.74) is 5.72. The van der Waals surface area contributed by atoms with Crippen LogP contribution in [0.25, 0.3) is 0 Å². The Labute approximate surface area is 153 Å². The topological polar surface area (TPSA) is 66.9 Å². The molecule has 3 aromatic rings. The van der Waals surface area contributed by atoms with E-state index in [1.54, 1.807) is 19.2 Å². The molecule has 2 aromatic carbocycles. The number of Topliss-reactive ketones (excluding diaryl/α,β-unsaturated/α-hetero) is 1. The van der Waals surface area contributed by atoms with Crippen LogP contribution in [0.1, 0.15) is 34.0 Å². The minimum atomic E-state index is 0.0509. The van der Waals surface area contributed by atoms with Gasteiger partial charge in [0.1, 0.15) is 5.82 Å². The molecule has 5 heteroatoms. The number of hydrogen-bond acceptors (Lipinski definition) is 5. The third-order valence-electron chi connectivity index (χ3n) is 4.27. The number of carbonyl (C=O) groups excluding carboxylic acids is 1. The number of nitrogens with zero attached hydrogens (tertiary/aromatic N) is 2.